The van der Waals surface area contributed by atoms with Crippen molar-refractivity contribution in [2.24, 2.45) is 5.92 Å². The Morgan fingerprint density at radius 2 is 1.67 bits per heavy atom. The highest BCUT2D eigenvalue weighted by molar-refractivity contribution is 5.99. The van der Waals surface area contributed by atoms with Gasteiger partial charge in [0.1, 0.15) is 0 Å². The van der Waals surface area contributed by atoms with Crippen molar-refractivity contribution < 1.29 is 9.59 Å². The van der Waals surface area contributed by atoms with E-state index in [9.17, 15) is 9.59 Å². The number of likely N-dealkylation sites (tertiary alicyclic amines) is 1. The number of hydrogen-bond donors (Lipinski definition) is 2. The minimum atomic E-state index is -0.253. The molecule has 2 N–H and O–H groups in total. The molecule has 5 nitrogen and oxygen atoms in total. The topological polar surface area (TPSA) is 61.4 Å². The van der Waals surface area contributed by atoms with Crippen molar-refractivity contribution in [3.05, 3.63) is 65.7 Å². The third-order valence-electron chi connectivity index (χ3n) is 4.97. The molecule has 0 atom stereocenters. The summed E-state index contributed by atoms with van der Waals surface area (Å²) in [5, 5.41) is 5.45. The van der Waals surface area contributed by atoms with Crippen LogP contribution in [0.2, 0.25) is 0 Å². The van der Waals surface area contributed by atoms with Crippen LogP contribution in [0.25, 0.3) is 0 Å². The number of carbonyl (C=O) groups is 2. The maximum absolute atomic E-state index is 12.0. The van der Waals surface area contributed by atoms with E-state index in [1.807, 2.05) is 18.2 Å². The summed E-state index contributed by atoms with van der Waals surface area (Å²) in [5.41, 5.74) is 2.53. The summed E-state index contributed by atoms with van der Waals surface area (Å²) >= 11 is 0. The quantitative estimate of drug-likeness (QED) is 0.826. The number of amides is 2. The maximum Gasteiger partial charge on any atom is 0.251 e. The number of nitrogens with zero attached hydrogens (tertiary/aromatic N) is 1. The Morgan fingerprint density at radius 3 is 2.33 bits per heavy atom. The molecule has 0 spiro atoms. The van der Waals surface area contributed by atoms with Crippen LogP contribution in [0.1, 0.15) is 35.7 Å². The van der Waals surface area contributed by atoms with Gasteiger partial charge in [-0.3, -0.25) is 14.5 Å². The predicted molar refractivity (Wildman–Crippen MR) is 108 cm³/mol. The smallest absolute Gasteiger partial charge is 0.251 e. The largest absolute Gasteiger partial charge is 0.343 e. The SMILES string of the molecule is CC1CCN(Cc2ccc(NC(=O)CNC(=O)c3ccccc3)cc2)CC1. The van der Waals surface area contributed by atoms with Crippen molar-refractivity contribution in [3.8, 4) is 0 Å². The predicted octanol–water partition coefficient (Wildman–Crippen LogP) is 3.29. The minimum absolute atomic E-state index is 0.0541. The van der Waals surface area contributed by atoms with Crippen LogP contribution in [-0.4, -0.2) is 36.3 Å². The van der Waals surface area contributed by atoms with E-state index in [1.165, 1.54) is 18.4 Å². The molecule has 0 aliphatic carbocycles. The molecule has 0 bridgehead atoms. The van der Waals surface area contributed by atoms with Gasteiger partial charge in [-0.25, -0.2) is 0 Å². The van der Waals surface area contributed by atoms with Gasteiger partial charge in [0, 0.05) is 17.8 Å². The fourth-order valence-electron chi connectivity index (χ4n) is 3.23. The lowest BCUT2D eigenvalue weighted by molar-refractivity contribution is -0.115. The molecule has 2 aromatic carbocycles. The highest BCUT2D eigenvalue weighted by Crippen LogP contribution is 2.19. The van der Waals surface area contributed by atoms with Crippen LogP contribution in [0.15, 0.2) is 54.6 Å². The molecule has 27 heavy (non-hydrogen) atoms. The zero-order valence-electron chi connectivity index (χ0n) is 15.8. The van der Waals surface area contributed by atoms with Crippen LogP contribution in [0.5, 0.6) is 0 Å². The van der Waals surface area contributed by atoms with Crippen molar-refractivity contribution in [1.82, 2.24) is 10.2 Å². The molecule has 2 amide bonds. The van der Waals surface area contributed by atoms with Crippen LogP contribution in [0.3, 0.4) is 0 Å². The summed E-state index contributed by atoms with van der Waals surface area (Å²) in [5.74, 6) is 0.343. The van der Waals surface area contributed by atoms with Gasteiger partial charge in [-0.15, -0.1) is 0 Å². The second kappa shape index (κ2) is 9.33. The molecule has 0 saturated carbocycles. The van der Waals surface area contributed by atoms with Gasteiger partial charge < -0.3 is 10.6 Å². The number of piperidine rings is 1. The third-order valence-corrected chi connectivity index (χ3v) is 4.97. The fourth-order valence-corrected chi connectivity index (χ4v) is 3.23. The lowest BCUT2D eigenvalue weighted by Crippen LogP contribution is -2.33. The van der Waals surface area contributed by atoms with Gasteiger partial charge in [-0.1, -0.05) is 37.3 Å². The second-order valence-corrected chi connectivity index (χ2v) is 7.25. The molecule has 2 aromatic rings. The molecule has 1 fully saturated rings. The Hall–Kier alpha value is -2.66. The first-order chi connectivity index (χ1) is 13.1. The molecule has 3 rings (SSSR count). The van der Waals surface area contributed by atoms with Crippen LogP contribution in [0.4, 0.5) is 5.69 Å². The number of nitrogens with one attached hydrogen (secondary N) is 2. The minimum Gasteiger partial charge on any atom is -0.343 e. The number of carbonyl (C=O) groups excluding carboxylic acids is 2. The van der Waals surface area contributed by atoms with E-state index in [4.69, 9.17) is 0 Å². The Balaban J connectivity index is 1.43. The summed E-state index contributed by atoms with van der Waals surface area (Å²) < 4.78 is 0. The average molecular weight is 365 g/mol. The molecule has 1 saturated heterocycles. The van der Waals surface area contributed by atoms with Gasteiger partial charge in [-0.05, 0) is 61.7 Å². The Kier molecular flexibility index (Phi) is 6.60. The van der Waals surface area contributed by atoms with Crippen LogP contribution >= 0.6 is 0 Å². The highest BCUT2D eigenvalue weighted by atomic mass is 16.2. The maximum atomic E-state index is 12.0. The normalized spacial score (nSPS) is 15.3. The molecule has 1 aliphatic heterocycles. The van der Waals surface area contributed by atoms with E-state index in [2.05, 4.69) is 34.6 Å². The zero-order chi connectivity index (χ0) is 19.1. The Labute approximate surface area is 160 Å². The second-order valence-electron chi connectivity index (χ2n) is 7.25. The van der Waals surface area contributed by atoms with Crippen LogP contribution in [-0.2, 0) is 11.3 Å². The van der Waals surface area contributed by atoms with Gasteiger partial charge in [0.2, 0.25) is 5.91 Å². The van der Waals surface area contributed by atoms with E-state index in [-0.39, 0.29) is 18.4 Å². The van der Waals surface area contributed by atoms with Gasteiger partial charge in [-0.2, -0.15) is 0 Å². The fraction of sp³-hybridized carbons (Fsp3) is 0.364. The average Bonchev–Trinajstić information content (AvgIpc) is 2.70. The number of rotatable bonds is 6. The van der Waals surface area contributed by atoms with Gasteiger partial charge in [0.05, 0.1) is 6.54 Å². The lowest BCUT2D eigenvalue weighted by atomic mass is 9.99. The summed E-state index contributed by atoms with van der Waals surface area (Å²) in [6, 6.07) is 16.8. The van der Waals surface area contributed by atoms with Crippen LogP contribution in [0, 0.1) is 5.92 Å². The van der Waals surface area contributed by atoms with Crippen molar-refractivity contribution in [1.29, 1.82) is 0 Å². The molecule has 1 heterocycles. The zero-order valence-corrected chi connectivity index (χ0v) is 15.8. The summed E-state index contributed by atoms with van der Waals surface area (Å²) in [6.07, 6.45) is 2.53. The van der Waals surface area contributed by atoms with Gasteiger partial charge >= 0.3 is 0 Å². The molecule has 1 aliphatic rings. The number of anilines is 1. The molecule has 0 aromatic heterocycles. The van der Waals surface area contributed by atoms with Crippen molar-refractivity contribution in [3.63, 3.8) is 0 Å². The Morgan fingerprint density at radius 1 is 1.00 bits per heavy atom. The molecule has 142 valence electrons. The molecular formula is C22H27N3O2. The first-order valence-corrected chi connectivity index (χ1v) is 9.54. The van der Waals surface area contributed by atoms with E-state index in [1.54, 1.807) is 24.3 Å². The third kappa shape index (κ3) is 5.93. The standard InChI is InChI=1S/C22H27N3O2/c1-17-11-13-25(14-12-17)16-18-7-9-20(10-8-18)24-21(26)15-23-22(27)19-5-3-2-4-6-19/h2-10,17H,11-16H2,1H3,(H,23,27)(H,24,26). The van der Waals surface area contributed by atoms with Gasteiger partial charge in [0.15, 0.2) is 0 Å². The molecule has 5 heteroatoms. The summed E-state index contributed by atoms with van der Waals surface area (Å²) in [6.45, 7) is 5.52. The van der Waals surface area contributed by atoms with Crippen molar-refractivity contribution in [2.45, 2.75) is 26.3 Å². The van der Waals surface area contributed by atoms with Crippen LogP contribution < -0.4 is 10.6 Å². The summed E-state index contributed by atoms with van der Waals surface area (Å²) in [7, 11) is 0. The van der Waals surface area contributed by atoms with Crippen molar-refractivity contribution >= 4 is 17.5 Å². The first kappa shape index (κ1) is 19.1. The molecule has 0 radical (unpaired) electrons. The summed E-state index contributed by atoms with van der Waals surface area (Å²) in [4.78, 5) is 26.5. The van der Waals surface area contributed by atoms with E-state index < -0.39 is 0 Å². The number of hydrogen-bond acceptors (Lipinski definition) is 3. The molecular weight excluding hydrogens is 338 g/mol. The van der Waals surface area contributed by atoms with E-state index >= 15 is 0 Å². The lowest BCUT2D eigenvalue weighted by Gasteiger charge is -2.30. The van der Waals surface area contributed by atoms with Gasteiger partial charge in [0.25, 0.3) is 5.91 Å². The highest BCUT2D eigenvalue weighted by Gasteiger charge is 2.15. The molecule has 0 unspecified atom stereocenters. The van der Waals surface area contributed by atoms with E-state index in [0.717, 1.165) is 31.2 Å². The van der Waals surface area contributed by atoms with Crippen molar-refractivity contribution in [2.75, 3.05) is 25.0 Å². The Bertz CT molecular complexity index is 751. The monoisotopic (exact) mass is 365 g/mol. The number of benzene rings is 2. The van der Waals surface area contributed by atoms with E-state index in [0.29, 0.717) is 5.56 Å². The first-order valence-electron chi connectivity index (χ1n) is 9.54.